The summed E-state index contributed by atoms with van der Waals surface area (Å²) in [5.74, 6) is -2.23. The number of anilines is 4. The average molecular weight is 559 g/mol. The highest BCUT2D eigenvalue weighted by molar-refractivity contribution is 5.98. The number of aromatic nitrogens is 5. The second kappa shape index (κ2) is 12.1. The number of hydrogen-bond donors (Lipinski definition) is 4. The Bertz CT molecular complexity index is 1510. The van der Waals surface area contributed by atoms with Crippen molar-refractivity contribution in [3.8, 4) is 11.3 Å². The van der Waals surface area contributed by atoms with Gasteiger partial charge < -0.3 is 21.1 Å². The monoisotopic (exact) mass is 558 g/mol. The molecule has 0 radical (unpaired) electrons. The lowest BCUT2D eigenvalue weighted by molar-refractivity contribution is -0.137. The van der Waals surface area contributed by atoms with Gasteiger partial charge in [-0.2, -0.15) is 23.3 Å². The summed E-state index contributed by atoms with van der Waals surface area (Å²) in [5, 5.41) is 20.8. The van der Waals surface area contributed by atoms with Crippen LogP contribution in [0, 0.1) is 12.7 Å². The van der Waals surface area contributed by atoms with E-state index in [9.17, 15) is 22.4 Å². The van der Waals surface area contributed by atoms with Crippen LogP contribution in [0.15, 0.2) is 48.9 Å². The Morgan fingerprint density at radius 2 is 1.82 bits per heavy atom. The number of aliphatic hydroxyl groups is 1. The van der Waals surface area contributed by atoms with E-state index in [-0.39, 0.29) is 29.6 Å². The molecule has 210 valence electrons. The average Bonchev–Trinajstić information content (AvgIpc) is 3.38. The van der Waals surface area contributed by atoms with Gasteiger partial charge in [0.1, 0.15) is 17.2 Å². The molecule has 3 aromatic heterocycles. The molecule has 0 bridgehead atoms. The predicted molar refractivity (Wildman–Crippen MR) is 140 cm³/mol. The van der Waals surface area contributed by atoms with E-state index in [1.807, 2.05) is 0 Å². The van der Waals surface area contributed by atoms with Crippen molar-refractivity contribution in [2.24, 2.45) is 0 Å². The number of rotatable bonds is 10. The molecule has 0 unspecified atom stereocenters. The van der Waals surface area contributed by atoms with Crippen molar-refractivity contribution in [2.75, 3.05) is 24.3 Å². The molecular formula is C26H26F4N8O2. The number of hydrogen-bond acceptors (Lipinski definition) is 8. The highest BCUT2D eigenvalue weighted by atomic mass is 19.4. The minimum Gasteiger partial charge on any atom is -0.396 e. The third-order valence-corrected chi connectivity index (χ3v) is 5.78. The lowest BCUT2D eigenvalue weighted by atomic mass is 10.1. The maximum Gasteiger partial charge on any atom is 0.421 e. The Morgan fingerprint density at radius 1 is 1.05 bits per heavy atom. The van der Waals surface area contributed by atoms with E-state index in [0.29, 0.717) is 42.4 Å². The van der Waals surface area contributed by atoms with Crippen LogP contribution >= 0.6 is 0 Å². The standard InChI is InChI=1S/C26H26F4N8O2/c1-15-5-6-20(18(27)11-15)36-25-32-13-17(26(28,29)30)23(37-25)35-21-8-7-19(34-22(21)24(40)31-2)16-12-33-38(14-16)9-3-4-10-39/h5-8,11-14,39H,3-4,9-10H2,1-2H3,(H,31,40)(H2,32,35,36,37). The largest absolute Gasteiger partial charge is 0.421 e. The third kappa shape index (κ3) is 6.69. The molecule has 0 saturated heterocycles. The van der Waals surface area contributed by atoms with Gasteiger partial charge in [-0.3, -0.25) is 9.48 Å². The number of benzene rings is 1. The second-order valence-corrected chi connectivity index (χ2v) is 8.78. The van der Waals surface area contributed by atoms with Crippen molar-refractivity contribution in [2.45, 2.75) is 32.5 Å². The summed E-state index contributed by atoms with van der Waals surface area (Å²) in [6.07, 6.45) is 0.336. The van der Waals surface area contributed by atoms with E-state index in [1.165, 1.54) is 31.3 Å². The van der Waals surface area contributed by atoms with Gasteiger partial charge in [-0.25, -0.2) is 14.4 Å². The Labute approximate surface area is 226 Å². The summed E-state index contributed by atoms with van der Waals surface area (Å²) in [7, 11) is 1.36. The number of carbonyl (C=O) groups excluding carboxylic acids is 1. The van der Waals surface area contributed by atoms with Crippen molar-refractivity contribution < 1.29 is 27.5 Å². The van der Waals surface area contributed by atoms with Crippen LogP contribution in [0.4, 0.5) is 40.7 Å². The summed E-state index contributed by atoms with van der Waals surface area (Å²) in [4.78, 5) is 24.7. The number of carbonyl (C=O) groups is 1. The molecule has 4 aromatic rings. The first-order valence-electron chi connectivity index (χ1n) is 12.2. The number of alkyl halides is 3. The summed E-state index contributed by atoms with van der Waals surface area (Å²) in [5.41, 5.74) is 0.169. The van der Waals surface area contributed by atoms with E-state index >= 15 is 0 Å². The molecular weight excluding hydrogens is 532 g/mol. The van der Waals surface area contributed by atoms with Crippen molar-refractivity contribution in [1.29, 1.82) is 0 Å². The van der Waals surface area contributed by atoms with Crippen LogP contribution in [-0.2, 0) is 12.7 Å². The first kappa shape index (κ1) is 28.4. The molecule has 1 aromatic carbocycles. The van der Waals surface area contributed by atoms with E-state index in [1.54, 1.807) is 30.1 Å². The highest BCUT2D eigenvalue weighted by Crippen LogP contribution is 2.36. The van der Waals surface area contributed by atoms with E-state index in [0.717, 1.165) is 0 Å². The van der Waals surface area contributed by atoms with Gasteiger partial charge in [0.25, 0.3) is 5.91 Å². The Balaban J connectivity index is 1.68. The summed E-state index contributed by atoms with van der Waals surface area (Å²) in [6.45, 7) is 2.33. The zero-order valence-corrected chi connectivity index (χ0v) is 21.6. The smallest absolute Gasteiger partial charge is 0.396 e. The van der Waals surface area contributed by atoms with Crippen LogP contribution in [-0.4, -0.2) is 49.4 Å². The van der Waals surface area contributed by atoms with Crippen LogP contribution in [0.25, 0.3) is 11.3 Å². The van der Waals surface area contributed by atoms with Gasteiger partial charge >= 0.3 is 6.18 Å². The summed E-state index contributed by atoms with van der Waals surface area (Å²) >= 11 is 0. The van der Waals surface area contributed by atoms with E-state index in [2.05, 4.69) is 36.0 Å². The van der Waals surface area contributed by atoms with E-state index in [4.69, 9.17) is 5.11 Å². The molecule has 0 aliphatic carbocycles. The van der Waals surface area contributed by atoms with Crippen molar-refractivity contribution in [1.82, 2.24) is 30.0 Å². The van der Waals surface area contributed by atoms with Crippen LogP contribution in [0.3, 0.4) is 0 Å². The Morgan fingerprint density at radius 3 is 2.52 bits per heavy atom. The number of pyridine rings is 1. The van der Waals surface area contributed by atoms with Gasteiger partial charge in [-0.15, -0.1) is 0 Å². The SMILES string of the molecule is CNC(=O)c1nc(-c2cnn(CCCCO)c2)ccc1Nc1nc(Nc2ccc(C)cc2F)ncc1C(F)(F)F. The number of nitrogens with zero attached hydrogens (tertiary/aromatic N) is 5. The highest BCUT2D eigenvalue weighted by Gasteiger charge is 2.36. The maximum absolute atomic E-state index is 14.3. The third-order valence-electron chi connectivity index (χ3n) is 5.78. The zero-order valence-electron chi connectivity index (χ0n) is 21.6. The molecule has 1 amide bonds. The second-order valence-electron chi connectivity index (χ2n) is 8.78. The molecule has 3 heterocycles. The number of unbranched alkanes of at least 4 members (excludes halogenated alkanes) is 1. The Hall–Kier alpha value is -4.59. The summed E-state index contributed by atoms with van der Waals surface area (Å²) in [6, 6.07) is 7.23. The minimum atomic E-state index is -4.83. The van der Waals surface area contributed by atoms with Crippen molar-refractivity contribution >= 4 is 29.0 Å². The topological polar surface area (TPSA) is 130 Å². The fraction of sp³-hybridized carbons (Fsp3) is 0.269. The van der Waals surface area contributed by atoms with Gasteiger partial charge in [0, 0.05) is 38.2 Å². The maximum atomic E-state index is 14.3. The predicted octanol–water partition coefficient (Wildman–Crippen LogP) is 4.82. The van der Waals surface area contributed by atoms with Crippen molar-refractivity contribution in [3.05, 3.63) is 71.6 Å². The molecule has 4 rings (SSSR count). The molecule has 40 heavy (non-hydrogen) atoms. The molecule has 0 aliphatic rings. The molecule has 0 fully saturated rings. The Kier molecular flexibility index (Phi) is 8.58. The van der Waals surface area contributed by atoms with Crippen LogP contribution in [0.1, 0.15) is 34.5 Å². The van der Waals surface area contributed by atoms with E-state index < -0.39 is 29.3 Å². The number of amides is 1. The van der Waals surface area contributed by atoms with Crippen LogP contribution in [0.2, 0.25) is 0 Å². The van der Waals surface area contributed by atoms with Gasteiger partial charge in [-0.05, 0) is 49.6 Å². The quantitative estimate of drug-likeness (QED) is 0.161. The normalized spacial score (nSPS) is 11.4. The molecule has 0 saturated carbocycles. The van der Waals surface area contributed by atoms with Crippen LogP contribution in [0.5, 0.6) is 0 Å². The number of nitrogens with one attached hydrogen (secondary N) is 3. The van der Waals surface area contributed by atoms with Crippen LogP contribution < -0.4 is 16.0 Å². The fourth-order valence-corrected chi connectivity index (χ4v) is 3.73. The lowest BCUT2D eigenvalue weighted by Gasteiger charge is -2.17. The van der Waals surface area contributed by atoms with Gasteiger partial charge in [-0.1, -0.05) is 6.07 Å². The number of aliphatic hydroxyl groups excluding tert-OH is 1. The fourth-order valence-electron chi connectivity index (χ4n) is 3.73. The first-order valence-corrected chi connectivity index (χ1v) is 12.2. The molecule has 10 nitrogen and oxygen atoms in total. The number of aryl methyl sites for hydroxylation is 2. The van der Waals surface area contributed by atoms with Crippen molar-refractivity contribution in [3.63, 3.8) is 0 Å². The molecule has 0 spiro atoms. The molecule has 14 heteroatoms. The number of halogens is 4. The van der Waals surface area contributed by atoms with Gasteiger partial charge in [0.15, 0.2) is 5.69 Å². The first-order chi connectivity index (χ1) is 19.1. The summed E-state index contributed by atoms with van der Waals surface area (Å²) < 4.78 is 57.4. The lowest BCUT2D eigenvalue weighted by Crippen LogP contribution is -2.21. The zero-order chi connectivity index (χ0) is 28.9. The minimum absolute atomic E-state index is 0.0229. The molecule has 0 aliphatic heterocycles. The molecule has 0 atom stereocenters. The molecule has 4 N–H and O–H groups in total. The van der Waals surface area contributed by atoms with Gasteiger partial charge in [0.2, 0.25) is 5.95 Å². The van der Waals surface area contributed by atoms with Gasteiger partial charge in [0.05, 0.1) is 23.3 Å².